The van der Waals surface area contributed by atoms with Crippen LogP contribution in [-0.4, -0.2) is 0 Å². The Balaban J connectivity index is 1.19. The molecule has 9 aromatic rings. The molecule has 2 nitrogen and oxygen atoms in total. The van der Waals surface area contributed by atoms with Crippen LogP contribution in [0.25, 0.3) is 55.3 Å². The van der Waals surface area contributed by atoms with E-state index >= 15 is 0 Å². The normalized spacial score (nSPS) is 14.8. The molecule has 0 bridgehead atoms. The SMILES string of the molecule is CC1(C)c2ccccc2-c2cccc(N(c3ccc4c(c3)C3(c5ccccc5-c5ccccc53)c3ccccc3-4)c3cccc4c3oc3ccccc34)c21. The molecule has 0 amide bonds. The summed E-state index contributed by atoms with van der Waals surface area (Å²) in [6.45, 7) is 4.75. The summed E-state index contributed by atoms with van der Waals surface area (Å²) in [4.78, 5) is 2.49. The number of benzene rings is 8. The van der Waals surface area contributed by atoms with Gasteiger partial charge in [-0.1, -0.05) is 159 Å². The second-order valence-corrected chi connectivity index (χ2v) is 15.6. The fraction of sp³-hybridized carbons (Fsp3) is 0.0769. The number of nitrogens with zero attached hydrogens (tertiary/aromatic N) is 1. The van der Waals surface area contributed by atoms with Crippen molar-refractivity contribution in [2.45, 2.75) is 24.7 Å². The summed E-state index contributed by atoms with van der Waals surface area (Å²) in [6.07, 6.45) is 0. The fourth-order valence-corrected chi connectivity index (χ4v) is 10.5. The van der Waals surface area contributed by atoms with Crippen molar-refractivity contribution in [2.75, 3.05) is 4.90 Å². The van der Waals surface area contributed by atoms with Crippen molar-refractivity contribution >= 4 is 39.0 Å². The first-order valence-corrected chi connectivity index (χ1v) is 18.9. The van der Waals surface area contributed by atoms with E-state index in [4.69, 9.17) is 4.42 Å². The van der Waals surface area contributed by atoms with Gasteiger partial charge in [0.2, 0.25) is 0 Å². The summed E-state index contributed by atoms with van der Waals surface area (Å²) in [5, 5.41) is 2.25. The maximum Gasteiger partial charge on any atom is 0.159 e. The molecule has 2 heteroatoms. The Morgan fingerprint density at radius 2 is 0.907 bits per heavy atom. The number of fused-ring (bicyclic) bond motifs is 16. The van der Waals surface area contributed by atoms with Crippen LogP contribution in [0.15, 0.2) is 180 Å². The van der Waals surface area contributed by atoms with Gasteiger partial charge in [-0.25, -0.2) is 0 Å². The first kappa shape index (κ1) is 29.9. The number of rotatable bonds is 3. The summed E-state index contributed by atoms with van der Waals surface area (Å²) in [6, 6.07) is 65.1. The van der Waals surface area contributed by atoms with Gasteiger partial charge >= 0.3 is 0 Å². The minimum Gasteiger partial charge on any atom is -0.454 e. The van der Waals surface area contributed by atoms with Crippen molar-refractivity contribution in [3.05, 3.63) is 209 Å². The van der Waals surface area contributed by atoms with Crippen molar-refractivity contribution in [1.29, 1.82) is 0 Å². The third-order valence-electron chi connectivity index (χ3n) is 12.7. The molecule has 0 unspecified atom stereocenters. The van der Waals surface area contributed by atoms with Crippen LogP contribution in [0.1, 0.15) is 47.2 Å². The Labute approximate surface area is 314 Å². The summed E-state index contributed by atoms with van der Waals surface area (Å²) < 4.78 is 6.83. The Morgan fingerprint density at radius 3 is 1.59 bits per heavy atom. The maximum atomic E-state index is 6.83. The zero-order valence-electron chi connectivity index (χ0n) is 30.1. The van der Waals surface area contributed by atoms with E-state index in [1.165, 1.54) is 72.4 Å². The Kier molecular flexibility index (Phi) is 5.81. The molecule has 0 aliphatic heterocycles. The van der Waals surface area contributed by atoms with Gasteiger partial charge in [-0.3, -0.25) is 0 Å². The molecular formula is C52H35NO. The van der Waals surface area contributed by atoms with Crippen LogP contribution in [0.2, 0.25) is 0 Å². The van der Waals surface area contributed by atoms with E-state index in [0.717, 1.165) is 33.3 Å². The van der Waals surface area contributed by atoms with Crippen molar-refractivity contribution < 1.29 is 4.42 Å². The average molecular weight is 690 g/mol. The van der Waals surface area contributed by atoms with E-state index in [2.05, 4.69) is 195 Å². The summed E-state index contributed by atoms with van der Waals surface area (Å²) in [7, 11) is 0. The average Bonchev–Trinajstić information content (AvgIpc) is 3.91. The van der Waals surface area contributed by atoms with Crippen LogP contribution < -0.4 is 4.90 Å². The van der Waals surface area contributed by atoms with E-state index in [-0.39, 0.29) is 5.41 Å². The molecule has 1 aromatic heterocycles. The van der Waals surface area contributed by atoms with Crippen LogP contribution in [0.4, 0.5) is 17.1 Å². The highest BCUT2D eigenvalue weighted by Gasteiger charge is 2.52. The number of furan rings is 1. The second-order valence-electron chi connectivity index (χ2n) is 15.6. The Morgan fingerprint density at radius 1 is 0.407 bits per heavy atom. The van der Waals surface area contributed by atoms with Gasteiger partial charge in [0.25, 0.3) is 0 Å². The number of hydrogen-bond acceptors (Lipinski definition) is 2. The number of hydrogen-bond donors (Lipinski definition) is 0. The first-order chi connectivity index (χ1) is 26.6. The van der Waals surface area contributed by atoms with Crippen LogP contribution in [0, 0.1) is 0 Å². The summed E-state index contributed by atoms with van der Waals surface area (Å²) >= 11 is 0. The smallest absolute Gasteiger partial charge is 0.159 e. The quantitative estimate of drug-likeness (QED) is 0.184. The molecule has 0 atom stereocenters. The van der Waals surface area contributed by atoms with E-state index in [1.54, 1.807) is 0 Å². The first-order valence-electron chi connectivity index (χ1n) is 18.9. The largest absolute Gasteiger partial charge is 0.454 e. The van der Waals surface area contributed by atoms with Gasteiger partial charge in [-0.05, 0) is 97.1 Å². The van der Waals surface area contributed by atoms with E-state index in [1.807, 2.05) is 0 Å². The molecule has 0 radical (unpaired) electrons. The zero-order chi connectivity index (χ0) is 35.8. The molecule has 0 saturated carbocycles. The Bertz CT molecular complexity index is 2990. The predicted octanol–water partition coefficient (Wildman–Crippen LogP) is 13.7. The van der Waals surface area contributed by atoms with Gasteiger partial charge in [0.15, 0.2) is 5.58 Å². The lowest BCUT2D eigenvalue weighted by atomic mass is 9.70. The highest BCUT2D eigenvalue weighted by molar-refractivity contribution is 6.11. The number of para-hydroxylation sites is 2. The van der Waals surface area contributed by atoms with Crippen LogP contribution in [0.3, 0.4) is 0 Å². The lowest BCUT2D eigenvalue weighted by Gasteiger charge is -2.34. The van der Waals surface area contributed by atoms with Crippen molar-refractivity contribution in [3.8, 4) is 33.4 Å². The standard InChI is InChI=1S/C52H35NO/c1-51(2)41-22-8-3-18-36(41)39-20-13-26-46(49(39)51)53(47-27-14-21-40-38-19-7-12-28-48(38)54-50(40)47)32-29-30-37-35-17-6-11-25-44(35)52(45(37)31-32)42-23-9-4-15-33(42)34-16-5-10-24-43(34)52/h3-31H,1-2H3. The highest BCUT2D eigenvalue weighted by atomic mass is 16.3. The van der Waals surface area contributed by atoms with E-state index in [9.17, 15) is 0 Å². The number of anilines is 3. The second kappa shape index (κ2) is 10.5. The van der Waals surface area contributed by atoms with Crippen LogP contribution in [0.5, 0.6) is 0 Å². The van der Waals surface area contributed by atoms with Crippen molar-refractivity contribution in [2.24, 2.45) is 0 Å². The molecule has 0 fully saturated rings. The van der Waals surface area contributed by atoms with E-state index < -0.39 is 5.41 Å². The lowest BCUT2D eigenvalue weighted by molar-refractivity contribution is 0.659. The monoisotopic (exact) mass is 689 g/mol. The predicted molar refractivity (Wildman–Crippen MR) is 222 cm³/mol. The van der Waals surface area contributed by atoms with Gasteiger partial charge in [-0.15, -0.1) is 0 Å². The third kappa shape index (κ3) is 3.60. The molecule has 0 saturated heterocycles. The van der Waals surface area contributed by atoms with Gasteiger partial charge in [0.1, 0.15) is 5.58 Å². The maximum absolute atomic E-state index is 6.83. The highest BCUT2D eigenvalue weighted by Crippen LogP contribution is 2.64. The molecular weight excluding hydrogens is 655 g/mol. The van der Waals surface area contributed by atoms with Gasteiger partial charge < -0.3 is 9.32 Å². The van der Waals surface area contributed by atoms with Crippen LogP contribution >= 0.6 is 0 Å². The molecule has 3 aliphatic rings. The molecule has 54 heavy (non-hydrogen) atoms. The fourth-order valence-electron chi connectivity index (χ4n) is 10.5. The summed E-state index contributed by atoms with van der Waals surface area (Å²) in [5.41, 5.74) is 20.3. The molecule has 12 rings (SSSR count). The molecule has 0 N–H and O–H groups in total. The minimum atomic E-state index is -0.444. The Hall–Kier alpha value is -6.64. The van der Waals surface area contributed by atoms with Crippen molar-refractivity contribution in [3.63, 3.8) is 0 Å². The van der Waals surface area contributed by atoms with Gasteiger partial charge in [0, 0.05) is 21.9 Å². The molecule has 1 heterocycles. The minimum absolute atomic E-state index is 0.222. The summed E-state index contributed by atoms with van der Waals surface area (Å²) in [5.74, 6) is 0. The van der Waals surface area contributed by atoms with Crippen molar-refractivity contribution in [1.82, 2.24) is 0 Å². The molecule has 8 aromatic carbocycles. The third-order valence-corrected chi connectivity index (χ3v) is 12.7. The lowest BCUT2D eigenvalue weighted by Crippen LogP contribution is -2.26. The molecule has 3 aliphatic carbocycles. The van der Waals surface area contributed by atoms with Crippen LogP contribution in [-0.2, 0) is 10.8 Å². The van der Waals surface area contributed by atoms with Gasteiger partial charge in [-0.2, -0.15) is 0 Å². The zero-order valence-corrected chi connectivity index (χ0v) is 30.1. The molecule has 1 spiro atoms. The topological polar surface area (TPSA) is 16.4 Å². The van der Waals surface area contributed by atoms with E-state index in [0.29, 0.717) is 0 Å². The molecule has 254 valence electrons. The van der Waals surface area contributed by atoms with Gasteiger partial charge in [0.05, 0.1) is 16.8 Å².